The molecule has 3 N–H and O–H groups in total. The third-order valence-electron chi connectivity index (χ3n) is 2.47. The van der Waals surface area contributed by atoms with Gasteiger partial charge in [0.2, 0.25) is 0 Å². The quantitative estimate of drug-likeness (QED) is 0.785. The molecule has 1 amide bonds. The number of rotatable bonds is 3. The minimum Gasteiger partial charge on any atom is -0.496 e. The number of ether oxygens (including phenoxy) is 1. The van der Waals surface area contributed by atoms with Gasteiger partial charge in [0.1, 0.15) is 11.4 Å². The molecule has 0 unspecified atom stereocenters. The average Bonchev–Trinajstić information content (AvgIpc) is 2.41. The number of aromatic amines is 2. The van der Waals surface area contributed by atoms with Crippen molar-refractivity contribution in [2.24, 2.45) is 0 Å². The minimum absolute atomic E-state index is 0.0865. The van der Waals surface area contributed by atoms with Crippen LogP contribution in [0.25, 0.3) is 0 Å². The van der Waals surface area contributed by atoms with Gasteiger partial charge in [0.15, 0.2) is 0 Å². The van der Waals surface area contributed by atoms with Crippen molar-refractivity contribution in [2.45, 2.75) is 0 Å². The van der Waals surface area contributed by atoms with E-state index in [1.807, 2.05) is 4.98 Å². The maximum absolute atomic E-state index is 12.1. The maximum atomic E-state index is 12.1. The number of halogens is 1. The topological polar surface area (TPSA) is 104 Å². The molecule has 0 saturated heterocycles. The average molecular weight is 296 g/mol. The fourth-order valence-corrected chi connectivity index (χ4v) is 1.72. The lowest BCUT2D eigenvalue weighted by Crippen LogP contribution is -2.26. The first-order valence-electron chi connectivity index (χ1n) is 5.48. The van der Waals surface area contributed by atoms with Crippen LogP contribution in [0.15, 0.2) is 34.0 Å². The third-order valence-corrected chi connectivity index (χ3v) is 2.71. The zero-order chi connectivity index (χ0) is 14.7. The van der Waals surface area contributed by atoms with Crippen molar-refractivity contribution >= 4 is 23.2 Å². The number of H-pyrrole nitrogens is 2. The van der Waals surface area contributed by atoms with Crippen LogP contribution in [0.1, 0.15) is 10.4 Å². The molecule has 1 aromatic carbocycles. The summed E-state index contributed by atoms with van der Waals surface area (Å²) in [7, 11) is 1.41. The first kappa shape index (κ1) is 13.9. The smallest absolute Gasteiger partial charge is 0.325 e. The molecule has 0 saturated carbocycles. The van der Waals surface area contributed by atoms with Gasteiger partial charge >= 0.3 is 5.69 Å². The summed E-state index contributed by atoms with van der Waals surface area (Å²) < 4.78 is 5.05. The SMILES string of the molecule is COc1ccc(Cl)cc1C(=O)Nc1c[nH]c(=O)[nH]c1=O. The van der Waals surface area contributed by atoms with Gasteiger partial charge in [-0.3, -0.25) is 14.6 Å². The van der Waals surface area contributed by atoms with Crippen LogP contribution in [-0.4, -0.2) is 23.0 Å². The van der Waals surface area contributed by atoms with E-state index in [0.717, 1.165) is 6.20 Å². The molecular weight excluding hydrogens is 286 g/mol. The van der Waals surface area contributed by atoms with Crippen molar-refractivity contribution in [3.8, 4) is 5.75 Å². The van der Waals surface area contributed by atoms with E-state index >= 15 is 0 Å². The summed E-state index contributed by atoms with van der Waals surface area (Å²) in [5, 5.41) is 2.72. The molecule has 20 heavy (non-hydrogen) atoms. The molecule has 0 radical (unpaired) electrons. The highest BCUT2D eigenvalue weighted by atomic mass is 35.5. The van der Waals surface area contributed by atoms with Crippen LogP contribution in [0.3, 0.4) is 0 Å². The zero-order valence-electron chi connectivity index (χ0n) is 10.3. The summed E-state index contributed by atoms with van der Waals surface area (Å²) in [4.78, 5) is 38.7. The number of aromatic nitrogens is 2. The monoisotopic (exact) mass is 295 g/mol. The number of anilines is 1. The van der Waals surface area contributed by atoms with Crippen LogP contribution in [0.2, 0.25) is 5.02 Å². The predicted octanol–water partition coefficient (Wildman–Crippen LogP) is 0.977. The summed E-state index contributed by atoms with van der Waals surface area (Å²) in [6.07, 6.45) is 1.11. The lowest BCUT2D eigenvalue weighted by Gasteiger charge is -2.09. The Balaban J connectivity index is 2.35. The van der Waals surface area contributed by atoms with Gasteiger partial charge in [-0.25, -0.2) is 4.79 Å². The summed E-state index contributed by atoms with van der Waals surface area (Å²) in [5.41, 5.74) is -1.28. The molecule has 0 spiro atoms. The molecule has 2 aromatic rings. The van der Waals surface area contributed by atoms with E-state index in [4.69, 9.17) is 16.3 Å². The largest absolute Gasteiger partial charge is 0.496 e. The van der Waals surface area contributed by atoms with E-state index in [-0.39, 0.29) is 11.3 Å². The predicted molar refractivity (Wildman–Crippen MR) is 73.6 cm³/mol. The Morgan fingerprint density at radius 2 is 2.10 bits per heavy atom. The highest BCUT2D eigenvalue weighted by Gasteiger charge is 2.14. The molecule has 0 aliphatic heterocycles. The number of methoxy groups -OCH3 is 1. The number of hydrogen-bond donors (Lipinski definition) is 3. The molecule has 1 heterocycles. The van der Waals surface area contributed by atoms with Gasteiger partial charge in [-0.2, -0.15) is 0 Å². The Morgan fingerprint density at radius 3 is 2.75 bits per heavy atom. The highest BCUT2D eigenvalue weighted by molar-refractivity contribution is 6.31. The normalized spacial score (nSPS) is 10.1. The van der Waals surface area contributed by atoms with Gasteiger partial charge in [-0.15, -0.1) is 0 Å². The zero-order valence-corrected chi connectivity index (χ0v) is 11.1. The molecule has 0 aliphatic carbocycles. The molecule has 0 aliphatic rings. The Labute approximate surface area is 117 Å². The number of hydrogen-bond acceptors (Lipinski definition) is 4. The van der Waals surface area contributed by atoms with Gasteiger partial charge in [0.25, 0.3) is 11.5 Å². The van der Waals surface area contributed by atoms with E-state index in [1.54, 1.807) is 6.07 Å². The summed E-state index contributed by atoms with van der Waals surface area (Å²) in [5.74, 6) is -0.269. The number of carbonyl (C=O) groups excluding carboxylic acids is 1. The van der Waals surface area contributed by atoms with Gasteiger partial charge in [0, 0.05) is 11.2 Å². The van der Waals surface area contributed by atoms with Crippen LogP contribution < -0.4 is 21.3 Å². The molecule has 1 aromatic heterocycles. The van der Waals surface area contributed by atoms with E-state index in [9.17, 15) is 14.4 Å². The first-order chi connectivity index (χ1) is 9.51. The van der Waals surface area contributed by atoms with Crippen molar-refractivity contribution in [2.75, 3.05) is 12.4 Å². The van der Waals surface area contributed by atoms with Gasteiger partial charge in [-0.1, -0.05) is 11.6 Å². The van der Waals surface area contributed by atoms with Crippen molar-refractivity contribution in [3.05, 3.63) is 55.8 Å². The van der Waals surface area contributed by atoms with Crippen LogP contribution in [0.4, 0.5) is 5.69 Å². The van der Waals surface area contributed by atoms with Crippen LogP contribution in [-0.2, 0) is 0 Å². The minimum atomic E-state index is -0.705. The Kier molecular flexibility index (Phi) is 3.90. The van der Waals surface area contributed by atoms with Crippen molar-refractivity contribution in [1.82, 2.24) is 9.97 Å². The Morgan fingerprint density at radius 1 is 1.35 bits per heavy atom. The third kappa shape index (κ3) is 2.89. The van der Waals surface area contributed by atoms with E-state index < -0.39 is 17.2 Å². The standard InChI is InChI=1S/C12H10ClN3O4/c1-20-9-3-2-6(13)4-7(9)10(17)15-8-5-14-12(19)16-11(8)18/h2-5H,1H3,(H,15,17)(H2,14,16,18,19). The maximum Gasteiger partial charge on any atom is 0.325 e. The molecule has 7 nitrogen and oxygen atoms in total. The Bertz CT molecular complexity index is 766. The summed E-state index contributed by atoms with van der Waals surface area (Å²) in [6.45, 7) is 0. The molecule has 2 rings (SSSR count). The van der Waals surface area contributed by atoms with Gasteiger partial charge < -0.3 is 15.0 Å². The fourth-order valence-electron chi connectivity index (χ4n) is 1.55. The second kappa shape index (κ2) is 5.62. The van der Waals surface area contributed by atoms with Gasteiger partial charge in [-0.05, 0) is 18.2 Å². The summed E-state index contributed by atoms with van der Waals surface area (Å²) in [6, 6.07) is 4.52. The van der Waals surface area contributed by atoms with Crippen molar-refractivity contribution in [1.29, 1.82) is 0 Å². The van der Waals surface area contributed by atoms with Crippen molar-refractivity contribution < 1.29 is 9.53 Å². The first-order valence-corrected chi connectivity index (χ1v) is 5.86. The number of benzene rings is 1. The lowest BCUT2D eigenvalue weighted by molar-refractivity contribution is 0.102. The van der Waals surface area contributed by atoms with E-state index in [1.165, 1.54) is 19.2 Å². The van der Waals surface area contributed by atoms with E-state index in [0.29, 0.717) is 10.8 Å². The molecular formula is C12H10ClN3O4. The van der Waals surface area contributed by atoms with Gasteiger partial charge in [0.05, 0.1) is 12.7 Å². The molecule has 0 bridgehead atoms. The fraction of sp³-hybridized carbons (Fsp3) is 0.0833. The molecule has 104 valence electrons. The van der Waals surface area contributed by atoms with Crippen LogP contribution in [0.5, 0.6) is 5.75 Å². The Hall–Kier alpha value is -2.54. The van der Waals surface area contributed by atoms with Crippen LogP contribution in [0, 0.1) is 0 Å². The molecule has 0 atom stereocenters. The van der Waals surface area contributed by atoms with E-state index in [2.05, 4.69) is 10.3 Å². The summed E-state index contributed by atoms with van der Waals surface area (Å²) >= 11 is 5.82. The molecule has 8 heteroatoms. The number of amides is 1. The second-order valence-corrected chi connectivity index (χ2v) is 4.22. The molecule has 0 fully saturated rings. The van der Waals surface area contributed by atoms with Crippen molar-refractivity contribution in [3.63, 3.8) is 0 Å². The number of carbonyl (C=O) groups is 1. The second-order valence-electron chi connectivity index (χ2n) is 3.78. The number of nitrogens with one attached hydrogen (secondary N) is 3. The highest BCUT2D eigenvalue weighted by Crippen LogP contribution is 2.23. The lowest BCUT2D eigenvalue weighted by atomic mass is 10.2. The van der Waals surface area contributed by atoms with Crippen LogP contribution >= 0.6 is 11.6 Å².